The van der Waals surface area contributed by atoms with Crippen molar-refractivity contribution in [1.29, 1.82) is 0 Å². The van der Waals surface area contributed by atoms with E-state index >= 15 is 0 Å². The zero-order valence-electron chi connectivity index (χ0n) is 12.0. The van der Waals surface area contributed by atoms with Crippen molar-refractivity contribution < 1.29 is 14.5 Å². The lowest BCUT2D eigenvalue weighted by Gasteiger charge is -2.08. The summed E-state index contributed by atoms with van der Waals surface area (Å²) >= 11 is 0. The summed E-state index contributed by atoms with van der Waals surface area (Å²) in [5.41, 5.74) is 0.954. The van der Waals surface area contributed by atoms with Gasteiger partial charge in [0.2, 0.25) is 0 Å². The zero-order valence-corrected chi connectivity index (χ0v) is 12.9. The number of hydrogen-bond donors (Lipinski definition) is 2. The molecule has 0 saturated heterocycles. The van der Waals surface area contributed by atoms with E-state index in [9.17, 15) is 14.9 Å². The lowest BCUT2D eigenvalue weighted by Crippen LogP contribution is -2.33. The Kier molecular flexibility index (Phi) is 9.27. The topological polar surface area (TPSA) is 93.5 Å². The van der Waals surface area contributed by atoms with Crippen molar-refractivity contribution in [1.82, 2.24) is 10.6 Å². The largest absolute Gasteiger partial charge is 0.383 e. The number of hydrogen-bond acceptors (Lipinski definition) is 5. The Hall–Kier alpha value is -1.70. The van der Waals surface area contributed by atoms with Gasteiger partial charge in [-0.1, -0.05) is 6.07 Å². The van der Waals surface area contributed by atoms with Crippen molar-refractivity contribution in [2.45, 2.75) is 6.92 Å². The average molecular weight is 318 g/mol. The fourth-order valence-electron chi connectivity index (χ4n) is 1.63. The van der Waals surface area contributed by atoms with Crippen LogP contribution in [0.25, 0.3) is 0 Å². The second kappa shape index (κ2) is 10.1. The SMILES string of the molecule is COCCNCCNC(=O)c1cc([N+](=O)[O-])ccc1C.Cl. The Balaban J connectivity index is 0.00000400. The molecule has 8 heteroatoms. The molecule has 0 radical (unpaired) electrons. The molecule has 0 atom stereocenters. The summed E-state index contributed by atoms with van der Waals surface area (Å²) in [5.74, 6) is -0.306. The maximum absolute atomic E-state index is 11.9. The number of ether oxygens (including phenoxy) is 1. The molecular formula is C13H20ClN3O4. The van der Waals surface area contributed by atoms with Gasteiger partial charge in [0.05, 0.1) is 11.5 Å². The van der Waals surface area contributed by atoms with Crippen molar-refractivity contribution in [3.8, 4) is 0 Å². The molecule has 1 rings (SSSR count). The summed E-state index contributed by atoms with van der Waals surface area (Å²) in [7, 11) is 1.62. The first-order valence-corrected chi connectivity index (χ1v) is 6.29. The number of nitrogens with zero attached hydrogens (tertiary/aromatic N) is 1. The van der Waals surface area contributed by atoms with E-state index in [1.165, 1.54) is 12.1 Å². The van der Waals surface area contributed by atoms with Crippen LogP contribution in [0.4, 0.5) is 5.69 Å². The van der Waals surface area contributed by atoms with Crippen LogP contribution in [-0.4, -0.2) is 44.2 Å². The molecule has 1 amide bonds. The number of aryl methyl sites for hydroxylation is 1. The van der Waals surface area contributed by atoms with Gasteiger partial charge in [-0.05, 0) is 12.5 Å². The molecule has 0 fully saturated rings. The number of carbonyl (C=O) groups excluding carboxylic acids is 1. The minimum atomic E-state index is -0.511. The van der Waals surface area contributed by atoms with Gasteiger partial charge in [0.25, 0.3) is 11.6 Å². The number of halogens is 1. The first-order valence-electron chi connectivity index (χ1n) is 6.29. The molecule has 2 N–H and O–H groups in total. The molecular weight excluding hydrogens is 298 g/mol. The van der Waals surface area contributed by atoms with Crippen molar-refractivity contribution in [3.63, 3.8) is 0 Å². The molecule has 1 aromatic rings. The fourth-order valence-corrected chi connectivity index (χ4v) is 1.63. The molecule has 1 aromatic carbocycles. The predicted octanol–water partition coefficient (Wildman–Crippen LogP) is 1.29. The van der Waals surface area contributed by atoms with Gasteiger partial charge in [-0.3, -0.25) is 14.9 Å². The lowest BCUT2D eigenvalue weighted by molar-refractivity contribution is -0.384. The Labute approximate surface area is 129 Å². The molecule has 7 nitrogen and oxygen atoms in total. The number of non-ortho nitro benzene ring substituents is 1. The monoisotopic (exact) mass is 317 g/mol. The summed E-state index contributed by atoms with van der Waals surface area (Å²) < 4.78 is 4.88. The zero-order chi connectivity index (χ0) is 15.0. The molecule has 0 aromatic heterocycles. The van der Waals surface area contributed by atoms with Crippen LogP contribution in [-0.2, 0) is 4.74 Å². The van der Waals surface area contributed by atoms with Gasteiger partial charge in [-0.15, -0.1) is 12.4 Å². The quantitative estimate of drug-likeness (QED) is 0.428. The van der Waals surface area contributed by atoms with E-state index in [1.54, 1.807) is 20.1 Å². The molecule has 0 aliphatic rings. The molecule has 0 spiro atoms. The number of nitro benzene ring substituents is 1. The van der Waals surface area contributed by atoms with E-state index in [0.29, 0.717) is 37.4 Å². The third-order valence-corrected chi connectivity index (χ3v) is 2.75. The Morgan fingerprint density at radius 3 is 2.67 bits per heavy atom. The predicted molar refractivity (Wildman–Crippen MR) is 82.2 cm³/mol. The highest BCUT2D eigenvalue weighted by Gasteiger charge is 2.13. The van der Waals surface area contributed by atoms with Gasteiger partial charge in [0.15, 0.2) is 0 Å². The van der Waals surface area contributed by atoms with Crippen LogP contribution in [0.5, 0.6) is 0 Å². The van der Waals surface area contributed by atoms with E-state index in [2.05, 4.69) is 10.6 Å². The molecule has 0 unspecified atom stereocenters. The third-order valence-electron chi connectivity index (χ3n) is 2.75. The van der Waals surface area contributed by atoms with Crippen LogP contribution in [0, 0.1) is 17.0 Å². The standard InChI is InChI=1S/C13H19N3O4.ClH/c1-10-3-4-11(16(18)19)9-12(10)13(17)15-6-5-14-7-8-20-2;/h3-4,9,14H,5-8H2,1-2H3,(H,15,17);1H. The molecule has 0 saturated carbocycles. The molecule has 0 bridgehead atoms. The van der Waals surface area contributed by atoms with Gasteiger partial charge < -0.3 is 15.4 Å². The van der Waals surface area contributed by atoms with Crippen molar-refractivity contribution in [3.05, 3.63) is 39.4 Å². The van der Waals surface area contributed by atoms with Gasteiger partial charge in [-0.2, -0.15) is 0 Å². The molecule has 0 aliphatic heterocycles. The summed E-state index contributed by atoms with van der Waals surface area (Å²) in [6, 6.07) is 4.26. The van der Waals surface area contributed by atoms with Gasteiger partial charge in [0.1, 0.15) is 0 Å². The first kappa shape index (κ1) is 19.3. The molecule has 118 valence electrons. The van der Waals surface area contributed by atoms with E-state index < -0.39 is 4.92 Å². The van der Waals surface area contributed by atoms with Crippen molar-refractivity contribution in [2.75, 3.05) is 33.4 Å². The maximum Gasteiger partial charge on any atom is 0.270 e. The van der Waals surface area contributed by atoms with Crippen molar-refractivity contribution in [2.24, 2.45) is 0 Å². The number of methoxy groups -OCH3 is 1. The van der Waals surface area contributed by atoms with E-state index in [-0.39, 0.29) is 24.0 Å². The normalized spacial score (nSPS) is 9.81. The third kappa shape index (κ3) is 6.52. The number of benzene rings is 1. The van der Waals surface area contributed by atoms with Gasteiger partial charge >= 0.3 is 0 Å². The van der Waals surface area contributed by atoms with E-state index in [1.807, 2.05) is 0 Å². The second-order valence-electron chi connectivity index (χ2n) is 4.26. The Morgan fingerprint density at radius 1 is 1.33 bits per heavy atom. The number of nitro groups is 1. The molecule has 21 heavy (non-hydrogen) atoms. The van der Waals surface area contributed by atoms with Crippen LogP contribution in [0.2, 0.25) is 0 Å². The van der Waals surface area contributed by atoms with Gasteiger partial charge in [0, 0.05) is 44.4 Å². The van der Waals surface area contributed by atoms with Crippen LogP contribution >= 0.6 is 12.4 Å². The van der Waals surface area contributed by atoms with Gasteiger partial charge in [-0.25, -0.2) is 0 Å². The molecule has 0 aliphatic carbocycles. The number of nitrogens with one attached hydrogen (secondary N) is 2. The summed E-state index contributed by atoms with van der Waals surface area (Å²) in [5, 5.41) is 16.5. The summed E-state index contributed by atoms with van der Waals surface area (Å²) in [4.78, 5) is 22.1. The molecule has 0 heterocycles. The number of rotatable bonds is 8. The summed E-state index contributed by atoms with van der Waals surface area (Å²) in [6.07, 6.45) is 0. The van der Waals surface area contributed by atoms with Crippen LogP contribution < -0.4 is 10.6 Å². The highest BCUT2D eigenvalue weighted by molar-refractivity contribution is 5.96. The number of amides is 1. The number of carbonyl (C=O) groups is 1. The minimum Gasteiger partial charge on any atom is -0.383 e. The highest BCUT2D eigenvalue weighted by Crippen LogP contribution is 2.17. The highest BCUT2D eigenvalue weighted by atomic mass is 35.5. The van der Waals surface area contributed by atoms with Crippen LogP contribution in [0.15, 0.2) is 18.2 Å². The van der Waals surface area contributed by atoms with Crippen molar-refractivity contribution >= 4 is 24.0 Å². The summed E-state index contributed by atoms with van der Waals surface area (Å²) in [6.45, 7) is 4.13. The van der Waals surface area contributed by atoms with Crippen LogP contribution in [0.3, 0.4) is 0 Å². The first-order chi connectivity index (χ1) is 9.56. The smallest absolute Gasteiger partial charge is 0.270 e. The van der Waals surface area contributed by atoms with E-state index in [0.717, 1.165) is 0 Å². The minimum absolute atomic E-state index is 0. The Morgan fingerprint density at radius 2 is 2.05 bits per heavy atom. The van der Waals surface area contributed by atoms with Crippen LogP contribution in [0.1, 0.15) is 15.9 Å². The van der Waals surface area contributed by atoms with E-state index in [4.69, 9.17) is 4.74 Å². The fraction of sp³-hybridized carbons (Fsp3) is 0.462. The lowest BCUT2D eigenvalue weighted by atomic mass is 10.1. The maximum atomic E-state index is 11.9. The second-order valence-corrected chi connectivity index (χ2v) is 4.26. The Bertz CT molecular complexity index is 482. The average Bonchev–Trinajstić information content (AvgIpc) is 2.42.